The van der Waals surface area contributed by atoms with E-state index in [4.69, 9.17) is 9.47 Å². The van der Waals surface area contributed by atoms with Crippen molar-refractivity contribution >= 4 is 61.6 Å². The number of aliphatic hydroxyl groups is 1. The van der Waals surface area contributed by atoms with Gasteiger partial charge in [0, 0.05) is 15.8 Å². The van der Waals surface area contributed by atoms with Crippen molar-refractivity contribution < 1.29 is 24.2 Å². The third kappa shape index (κ3) is 5.42. The quantitative estimate of drug-likeness (QED) is 0.0809. The summed E-state index contributed by atoms with van der Waals surface area (Å²) < 4.78 is 12.3. The molecule has 5 rings (SSSR count). The first-order valence-corrected chi connectivity index (χ1v) is 14.3. The molecule has 1 N–H and O–H groups in total. The average molecular weight is 625 g/mol. The van der Waals surface area contributed by atoms with Gasteiger partial charge in [-0.05, 0) is 35.4 Å². The number of rotatable bonds is 8. The summed E-state index contributed by atoms with van der Waals surface area (Å²) in [5, 5.41) is 20.1. The van der Waals surface area contributed by atoms with Crippen LogP contribution in [-0.2, 0) is 15.3 Å². The standard InChI is InChI=1S/C28H22BrN3O5S2/c1-36-20-13-10-18(14-21(20)37-2)23-22(24(33)17-8-11-19(29)12-9-17)25(34)26(35)32(23)27-30-31-28(39-27)38-15-16-6-4-3-5-7-16/h3-14,23,33H,15H2,1-2H3/b24-22-. The van der Waals surface area contributed by atoms with Crippen LogP contribution in [0.3, 0.4) is 0 Å². The van der Waals surface area contributed by atoms with Crippen molar-refractivity contribution in [3.05, 3.63) is 99.5 Å². The van der Waals surface area contributed by atoms with Crippen molar-refractivity contribution in [3.8, 4) is 11.5 Å². The van der Waals surface area contributed by atoms with Gasteiger partial charge in [0.15, 0.2) is 15.8 Å². The van der Waals surface area contributed by atoms with Gasteiger partial charge in [-0.25, -0.2) is 0 Å². The predicted molar refractivity (Wildman–Crippen MR) is 154 cm³/mol. The van der Waals surface area contributed by atoms with Crippen molar-refractivity contribution in [1.82, 2.24) is 10.2 Å². The van der Waals surface area contributed by atoms with Crippen molar-refractivity contribution in [2.24, 2.45) is 0 Å². The Morgan fingerprint density at radius 3 is 2.41 bits per heavy atom. The molecular weight excluding hydrogens is 602 g/mol. The number of ketones is 1. The first-order chi connectivity index (χ1) is 18.9. The van der Waals surface area contributed by atoms with E-state index in [1.165, 1.54) is 42.2 Å². The van der Waals surface area contributed by atoms with E-state index < -0.39 is 17.7 Å². The number of aromatic nitrogens is 2. The molecule has 198 valence electrons. The second-order valence-corrected chi connectivity index (χ2v) is 11.5. The van der Waals surface area contributed by atoms with Gasteiger partial charge in [-0.15, -0.1) is 10.2 Å². The van der Waals surface area contributed by atoms with Gasteiger partial charge >= 0.3 is 5.91 Å². The van der Waals surface area contributed by atoms with Gasteiger partial charge in [0.05, 0.1) is 25.8 Å². The lowest BCUT2D eigenvalue weighted by atomic mass is 9.95. The minimum atomic E-state index is -0.964. The Balaban J connectivity index is 1.59. The minimum absolute atomic E-state index is 0.0526. The molecule has 1 saturated heterocycles. The smallest absolute Gasteiger partial charge is 0.301 e. The molecule has 2 heterocycles. The van der Waals surface area contributed by atoms with Crippen LogP contribution in [0.15, 0.2) is 87.2 Å². The van der Waals surface area contributed by atoms with Crippen LogP contribution >= 0.6 is 39.0 Å². The molecule has 1 aromatic heterocycles. The molecule has 11 heteroatoms. The first-order valence-electron chi connectivity index (χ1n) is 11.7. The largest absolute Gasteiger partial charge is 0.507 e. The highest BCUT2D eigenvalue weighted by Crippen LogP contribution is 2.45. The Morgan fingerprint density at radius 2 is 1.72 bits per heavy atom. The van der Waals surface area contributed by atoms with Crippen LogP contribution < -0.4 is 14.4 Å². The number of amides is 1. The molecule has 8 nitrogen and oxygen atoms in total. The zero-order valence-corrected chi connectivity index (χ0v) is 24.0. The van der Waals surface area contributed by atoms with Crippen molar-refractivity contribution in [2.75, 3.05) is 19.1 Å². The molecule has 4 aromatic rings. The van der Waals surface area contributed by atoms with E-state index >= 15 is 0 Å². The van der Waals surface area contributed by atoms with Crippen LogP contribution in [0.4, 0.5) is 5.13 Å². The number of carbonyl (C=O) groups is 2. The van der Waals surface area contributed by atoms with Crippen molar-refractivity contribution in [3.63, 3.8) is 0 Å². The maximum Gasteiger partial charge on any atom is 0.301 e. The number of carbonyl (C=O) groups excluding carboxylic acids is 2. The fourth-order valence-corrected chi connectivity index (χ4v) is 6.30. The molecule has 3 aromatic carbocycles. The van der Waals surface area contributed by atoms with E-state index in [0.29, 0.717) is 32.7 Å². The third-order valence-corrected chi connectivity index (χ3v) is 8.75. The number of anilines is 1. The van der Waals surface area contributed by atoms with E-state index in [0.717, 1.165) is 10.0 Å². The van der Waals surface area contributed by atoms with Crippen LogP contribution in [0, 0.1) is 0 Å². The van der Waals surface area contributed by atoms with Gasteiger partial charge in [-0.2, -0.15) is 0 Å². The summed E-state index contributed by atoms with van der Waals surface area (Å²) in [7, 11) is 3.02. The minimum Gasteiger partial charge on any atom is -0.507 e. The zero-order chi connectivity index (χ0) is 27.5. The Kier molecular flexibility index (Phi) is 8.01. The lowest BCUT2D eigenvalue weighted by Crippen LogP contribution is -2.29. The number of thioether (sulfide) groups is 1. The van der Waals surface area contributed by atoms with Gasteiger partial charge < -0.3 is 14.6 Å². The number of aliphatic hydroxyl groups excluding tert-OH is 1. The van der Waals surface area contributed by atoms with E-state index in [2.05, 4.69) is 26.1 Å². The monoisotopic (exact) mass is 623 g/mol. The van der Waals surface area contributed by atoms with Gasteiger partial charge in [-0.3, -0.25) is 14.5 Å². The van der Waals surface area contributed by atoms with Gasteiger partial charge in [0.25, 0.3) is 5.78 Å². The number of Topliss-reactive ketones (excluding diaryl/α,β-unsaturated/α-hetero) is 1. The molecule has 0 saturated carbocycles. The average Bonchev–Trinajstić information content (AvgIpc) is 3.54. The molecule has 39 heavy (non-hydrogen) atoms. The number of halogens is 1. The van der Waals surface area contributed by atoms with Gasteiger partial charge in [-0.1, -0.05) is 87.6 Å². The fraction of sp³-hybridized carbons (Fsp3) is 0.143. The zero-order valence-electron chi connectivity index (χ0n) is 20.8. The molecule has 0 aliphatic carbocycles. The van der Waals surface area contributed by atoms with Gasteiger partial charge in [0.1, 0.15) is 5.76 Å². The Labute approximate surface area is 241 Å². The summed E-state index contributed by atoms with van der Waals surface area (Å²) in [6, 6.07) is 20.9. The summed E-state index contributed by atoms with van der Waals surface area (Å²) in [6.07, 6.45) is 0. The van der Waals surface area contributed by atoms with E-state index in [-0.39, 0.29) is 16.5 Å². The fourth-order valence-electron chi connectivity index (χ4n) is 4.21. The van der Waals surface area contributed by atoms with Crippen LogP contribution in [0.25, 0.3) is 5.76 Å². The molecule has 0 radical (unpaired) electrons. The van der Waals surface area contributed by atoms with Crippen molar-refractivity contribution in [2.45, 2.75) is 16.1 Å². The Bertz CT molecular complexity index is 1560. The number of methoxy groups -OCH3 is 2. The van der Waals surface area contributed by atoms with Crippen LogP contribution in [0.5, 0.6) is 11.5 Å². The summed E-state index contributed by atoms with van der Waals surface area (Å²) >= 11 is 6.08. The maximum atomic E-state index is 13.5. The lowest BCUT2D eigenvalue weighted by Gasteiger charge is -2.23. The molecular formula is C28H22BrN3O5S2. The lowest BCUT2D eigenvalue weighted by molar-refractivity contribution is -0.132. The number of hydrogen-bond donors (Lipinski definition) is 1. The summed E-state index contributed by atoms with van der Waals surface area (Å²) in [5.41, 5.74) is 2.01. The number of nitrogens with zero attached hydrogens (tertiary/aromatic N) is 3. The Morgan fingerprint density at radius 1 is 1.00 bits per heavy atom. The van der Waals surface area contributed by atoms with E-state index in [1.54, 1.807) is 42.5 Å². The number of benzene rings is 3. The highest BCUT2D eigenvalue weighted by molar-refractivity contribution is 9.10. The molecule has 1 fully saturated rings. The number of ether oxygens (including phenoxy) is 2. The van der Waals surface area contributed by atoms with E-state index in [1.807, 2.05) is 30.3 Å². The van der Waals surface area contributed by atoms with Crippen LogP contribution in [0.1, 0.15) is 22.7 Å². The molecule has 1 aliphatic rings. The van der Waals surface area contributed by atoms with Crippen LogP contribution in [0.2, 0.25) is 0 Å². The first kappa shape index (κ1) is 26.9. The second-order valence-electron chi connectivity index (χ2n) is 8.42. The molecule has 0 bridgehead atoms. The van der Waals surface area contributed by atoms with Crippen LogP contribution in [-0.4, -0.2) is 41.2 Å². The highest BCUT2D eigenvalue weighted by Gasteiger charge is 2.48. The maximum absolute atomic E-state index is 13.5. The van der Waals surface area contributed by atoms with Gasteiger partial charge in [0.2, 0.25) is 5.13 Å². The SMILES string of the molecule is COc1ccc(C2/C(=C(/O)c3ccc(Br)cc3)C(=O)C(=O)N2c2nnc(SCc3ccccc3)s2)cc1OC. The number of hydrogen-bond acceptors (Lipinski definition) is 9. The molecule has 1 amide bonds. The normalized spacial score (nSPS) is 16.5. The molecule has 1 aliphatic heterocycles. The molecule has 0 spiro atoms. The summed E-state index contributed by atoms with van der Waals surface area (Å²) in [4.78, 5) is 28.2. The van der Waals surface area contributed by atoms with Crippen molar-refractivity contribution in [1.29, 1.82) is 0 Å². The molecule has 1 atom stereocenters. The van der Waals surface area contributed by atoms with E-state index in [9.17, 15) is 14.7 Å². The second kappa shape index (κ2) is 11.6. The molecule has 1 unspecified atom stereocenters. The third-order valence-electron chi connectivity index (χ3n) is 6.09. The highest BCUT2D eigenvalue weighted by atomic mass is 79.9. The Hall–Kier alpha value is -3.67. The summed E-state index contributed by atoms with van der Waals surface area (Å²) in [6.45, 7) is 0. The summed E-state index contributed by atoms with van der Waals surface area (Å²) in [5.74, 6) is -0.321. The topological polar surface area (TPSA) is 102 Å². The predicted octanol–water partition coefficient (Wildman–Crippen LogP) is 6.24.